The summed E-state index contributed by atoms with van der Waals surface area (Å²) in [5.41, 5.74) is -0.541. The van der Waals surface area contributed by atoms with Crippen LogP contribution in [0.15, 0.2) is 12.3 Å². The number of nitrogens with zero attached hydrogens (tertiary/aromatic N) is 3. The first-order valence-electron chi connectivity index (χ1n) is 13.4. The standard InChI is InChI=1S/C26H36ClF2N5O3.O2S/c1-4-34-23(21(27)22(33-34)24(35)31-14-26(36)9-7-15(2)8-10-26)18-13-30-20(12-19(18)37-25(28)29)32-16(3)11-17-5-6-17;1-3-2/h12-13,15-17,25,36H,4-11,14H2,1-3H3,(H,30,32)(H,31,35);/t15?,16-,26?;/m0./s1. The zero-order chi connectivity index (χ0) is 29.4. The van der Waals surface area contributed by atoms with Crippen LogP contribution in [0.25, 0.3) is 11.3 Å². The van der Waals surface area contributed by atoms with E-state index >= 15 is 0 Å². The predicted octanol–water partition coefficient (Wildman–Crippen LogP) is 4.82. The van der Waals surface area contributed by atoms with Gasteiger partial charge in [-0.15, -0.1) is 0 Å². The van der Waals surface area contributed by atoms with Gasteiger partial charge in [0.1, 0.15) is 11.6 Å². The van der Waals surface area contributed by atoms with Crippen LogP contribution in [-0.4, -0.2) is 59.0 Å². The molecule has 0 aliphatic heterocycles. The molecule has 14 heteroatoms. The molecule has 10 nitrogen and oxygen atoms in total. The summed E-state index contributed by atoms with van der Waals surface area (Å²) in [6, 6.07) is 1.56. The molecule has 0 unspecified atom stereocenters. The third kappa shape index (κ3) is 8.68. The molecule has 1 atom stereocenters. The average Bonchev–Trinajstić information content (AvgIpc) is 3.65. The van der Waals surface area contributed by atoms with Gasteiger partial charge in [0.2, 0.25) is 0 Å². The van der Waals surface area contributed by atoms with E-state index in [0.29, 0.717) is 37.0 Å². The number of nitrogens with one attached hydrogen (secondary N) is 2. The summed E-state index contributed by atoms with van der Waals surface area (Å²) in [5.74, 6) is 1.01. The van der Waals surface area contributed by atoms with E-state index in [1.807, 2.05) is 6.92 Å². The molecular weight excluding hydrogens is 568 g/mol. The number of amides is 1. The molecule has 2 saturated carbocycles. The summed E-state index contributed by atoms with van der Waals surface area (Å²) >= 11 is 5.87. The SMILES string of the molecule is CCn1nc(C(=O)NCC2(O)CCC(C)CC2)c(Cl)c1-c1cnc(N[C@@H](C)CC2CC2)cc1OC(F)F.O=S=O. The second-order valence-corrected chi connectivity index (χ2v) is 11.2. The molecule has 2 heterocycles. The summed E-state index contributed by atoms with van der Waals surface area (Å²) in [6.45, 7) is 3.34. The van der Waals surface area contributed by atoms with Crippen molar-refractivity contribution in [1.82, 2.24) is 20.1 Å². The lowest BCUT2D eigenvalue weighted by Gasteiger charge is -2.34. The number of ether oxygens (including phenoxy) is 1. The number of carbonyl (C=O) groups excluding carboxylic acids is 1. The van der Waals surface area contributed by atoms with E-state index in [4.69, 9.17) is 24.8 Å². The van der Waals surface area contributed by atoms with Gasteiger partial charge >= 0.3 is 18.2 Å². The maximum Gasteiger partial charge on any atom is 0.387 e. The number of hydrogen-bond acceptors (Lipinski definition) is 8. The zero-order valence-electron chi connectivity index (χ0n) is 22.8. The lowest BCUT2D eigenvalue weighted by molar-refractivity contribution is -0.0494. The third-order valence-electron chi connectivity index (χ3n) is 7.31. The Morgan fingerprint density at radius 1 is 1.30 bits per heavy atom. The molecule has 0 bridgehead atoms. The van der Waals surface area contributed by atoms with E-state index in [2.05, 4.69) is 27.6 Å². The van der Waals surface area contributed by atoms with Crippen LogP contribution in [0.2, 0.25) is 5.02 Å². The molecule has 4 rings (SSSR count). The molecule has 2 aromatic rings. The molecule has 1 amide bonds. The Morgan fingerprint density at radius 3 is 2.52 bits per heavy atom. The molecule has 2 fully saturated rings. The summed E-state index contributed by atoms with van der Waals surface area (Å²) < 4.78 is 49.6. The van der Waals surface area contributed by atoms with Gasteiger partial charge in [0.15, 0.2) is 5.69 Å². The van der Waals surface area contributed by atoms with Gasteiger partial charge in [-0.25, -0.2) is 4.98 Å². The molecular formula is C26H36ClF2N5O5S. The largest absolute Gasteiger partial charge is 0.434 e. The summed E-state index contributed by atoms with van der Waals surface area (Å²) in [6.07, 6.45) is 7.82. The lowest BCUT2D eigenvalue weighted by Crippen LogP contribution is -2.45. The maximum absolute atomic E-state index is 13.3. The van der Waals surface area contributed by atoms with Crippen molar-refractivity contribution in [3.05, 3.63) is 23.0 Å². The number of alkyl halides is 2. The second-order valence-electron chi connectivity index (χ2n) is 10.7. The van der Waals surface area contributed by atoms with Gasteiger partial charge in [-0.05, 0) is 57.8 Å². The molecule has 2 aromatic heterocycles. The molecule has 0 saturated heterocycles. The number of pyridine rings is 1. The number of hydrogen-bond donors (Lipinski definition) is 3. The summed E-state index contributed by atoms with van der Waals surface area (Å²) in [7, 11) is 0. The molecule has 222 valence electrons. The number of aliphatic hydroxyl groups is 1. The van der Waals surface area contributed by atoms with Gasteiger partial charge in [0.25, 0.3) is 5.91 Å². The zero-order valence-corrected chi connectivity index (χ0v) is 24.4. The molecule has 3 N–H and O–H groups in total. The minimum Gasteiger partial charge on any atom is -0.434 e. The first-order chi connectivity index (χ1) is 19.0. The molecule has 40 heavy (non-hydrogen) atoms. The van der Waals surface area contributed by atoms with Crippen LogP contribution < -0.4 is 15.4 Å². The molecule has 2 aliphatic carbocycles. The Bertz CT molecular complexity index is 1200. The van der Waals surface area contributed by atoms with Crippen molar-refractivity contribution in [2.24, 2.45) is 11.8 Å². The Labute approximate surface area is 240 Å². The van der Waals surface area contributed by atoms with Crippen LogP contribution >= 0.6 is 11.6 Å². The van der Waals surface area contributed by atoms with Crippen LogP contribution in [0.1, 0.15) is 76.2 Å². The van der Waals surface area contributed by atoms with E-state index < -0.39 is 29.7 Å². The number of anilines is 1. The molecule has 0 spiro atoms. The lowest BCUT2D eigenvalue weighted by atomic mass is 9.79. The Morgan fingerprint density at radius 2 is 1.95 bits per heavy atom. The number of aromatic nitrogens is 3. The van der Waals surface area contributed by atoms with Crippen molar-refractivity contribution in [2.75, 3.05) is 11.9 Å². The Hall–Kier alpha value is -2.64. The van der Waals surface area contributed by atoms with Gasteiger partial charge in [-0.1, -0.05) is 31.4 Å². The second kappa shape index (κ2) is 14.3. The first kappa shape index (κ1) is 31.9. The number of aryl methyl sites for hydroxylation is 1. The van der Waals surface area contributed by atoms with E-state index in [9.17, 15) is 18.7 Å². The Balaban J connectivity index is 0.00000141. The number of carbonyl (C=O) groups is 1. The van der Waals surface area contributed by atoms with E-state index in [-0.39, 0.29) is 40.3 Å². The van der Waals surface area contributed by atoms with E-state index in [1.54, 1.807) is 6.92 Å². The maximum atomic E-state index is 13.3. The average molecular weight is 604 g/mol. The highest BCUT2D eigenvalue weighted by atomic mass is 35.5. The highest BCUT2D eigenvalue weighted by Gasteiger charge is 2.33. The van der Waals surface area contributed by atoms with Gasteiger partial charge in [-0.2, -0.15) is 22.3 Å². The smallest absolute Gasteiger partial charge is 0.387 e. The normalized spacial score (nSPS) is 21.2. The van der Waals surface area contributed by atoms with Crippen molar-refractivity contribution < 1.29 is 31.8 Å². The van der Waals surface area contributed by atoms with Crippen molar-refractivity contribution in [3.63, 3.8) is 0 Å². The monoisotopic (exact) mass is 603 g/mol. The van der Waals surface area contributed by atoms with E-state index in [0.717, 1.165) is 19.3 Å². The first-order valence-corrected chi connectivity index (χ1v) is 14.4. The molecule has 0 aromatic carbocycles. The molecule has 2 aliphatic rings. The van der Waals surface area contributed by atoms with Gasteiger partial charge in [-0.3, -0.25) is 9.48 Å². The van der Waals surface area contributed by atoms with Gasteiger partial charge in [0, 0.05) is 31.4 Å². The van der Waals surface area contributed by atoms with Gasteiger partial charge in [0.05, 0.1) is 21.9 Å². The van der Waals surface area contributed by atoms with Crippen LogP contribution in [0.3, 0.4) is 0 Å². The quantitative estimate of drug-likeness (QED) is 0.333. The molecule has 0 radical (unpaired) electrons. The topological polar surface area (TPSA) is 135 Å². The number of rotatable bonds is 11. The number of halogens is 3. The fourth-order valence-corrected chi connectivity index (χ4v) is 5.25. The summed E-state index contributed by atoms with van der Waals surface area (Å²) in [5, 5.41) is 21.2. The highest BCUT2D eigenvalue weighted by molar-refractivity contribution is 7.51. The predicted molar refractivity (Wildman–Crippen MR) is 147 cm³/mol. The van der Waals surface area contributed by atoms with Crippen molar-refractivity contribution in [3.8, 4) is 17.0 Å². The van der Waals surface area contributed by atoms with Crippen molar-refractivity contribution >= 4 is 34.9 Å². The minimum absolute atomic E-state index is 0.00679. The van der Waals surface area contributed by atoms with Gasteiger partial charge < -0.3 is 20.5 Å². The highest BCUT2D eigenvalue weighted by Crippen LogP contribution is 2.39. The Kier molecular flexibility index (Phi) is 11.4. The van der Waals surface area contributed by atoms with Crippen LogP contribution in [0, 0.1) is 11.8 Å². The van der Waals surface area contributed by atoms with Crippen LogP contribution in [0.5, 0.6) is 5.75 Å². The van der Waals surface area contributed by atoms with E-state index in [1.165, 1.54) is 29.8 Å². The van der Waals surface area contributed by atoms with Crippen LogP contribution in [-0.2, 0) is 18.1 Å². The van der Waals surface area contributed by atoms with Crippen molar-refractivity contribution in [2.45, 2.75) is 90.5 Å². The van der Waals surface area contributed by atoms with Crippen LogP contribution in [0.4, 0.5) is 14.6 Å². The third-order valence-corrected chi connectivity index (χ3v) is 7.67. The fourth-order valence-electron chi connectivity index (χ4n) is 4.93. The minimum atomic E-state index is -3.06. The summed E-state index contributed by atoms with van der Waals surface area (Å²) in [4.78, 5) is 17.4. The fraction of sp³-hybridized carbons (Fsp3) is 0.654. The van der Waals surface area contributed by atoms with Crippen molar-refractivity contribution in [1.29, 1.82) is 0 Å².